The van der Waals surface area contributed by atoms with Crippen LogP contribution in [0.3, 0.4) is 0 Å². The first-order valence-electron chi connectivity index (χ1n) is 23.1. The molecule has 6 atom stereocenters. The van der Waals surface area contributed by atoms with Gasteiger partial charge in [-0.3, -0.25) is 9.59 Å². The number of hydrogen-bond donors (Lipinski definition) is 4. The third kappa shape index (κ3) is 28.7. The zero-order chi connectivity index (χ0) is 40.2. The Balaban J connectivity index is 2.15. The molecule has 1 fully saturated rings. The molecule has 55 heavy (non-hydrogen) atoms. The molecule has 0 spiro atoms. The predicted molar refractivity (Wildman–Crippen MR) is 220 cm³/mol. The summed E-state index contributed by atoms with van der Waals surface area (Å²) in [6.45, 7) is 3.38. The number of aliphatic hydroxyl groups is 4. The van der Waals surface area contributed by atoms with E-state index in [0.29, 0.717) is 6.42 Å². The first-order chi connectivity index (χ1) is 26.8. The van der Waals surface area contributed by atoms with E-state index in [-0.39, 0.29) is 32.0 Å². The van der Waals surface area contributed by atoms with Crippen molar-refractivity contribution in [1.82, 2.24) is 0 Å². The van der Waals surface area contributed by atoms with E-state index in [1.165, 1.54) is 135 Å². The summed E-state index contributed by atoms with van der Waals surface area (Å²) in [7, 11) is 0. The minimum absolute atomic E-state index is 0.211. The maximum Gasteiger partial charge on any atom is 0.306 e. The van der Waals surface area contributed by atoms with Crippen molar-refractivity contribution in [3.63, 3.8) is 0 Å². The summed E-state index contributed by atoms with van der Waals surface area (Å²) >= 11 is 0. The van der Waals surface area contributed by atoms with Crippen molar-refractivity contribution in [2.75, 3.05) is 19.8 Å². The van der Waals surface area contributed by atoms with Gasteiger partial charge >= 0.3 is 11.9 Å². The second kappa shape index (κ2) is 37.0. The zero-order valence-corrected chi connectivity index (χ0v) is 35.5. The lowest BCUT2D eigenvalue weighted by atomic mass is 9.99. The largest absolute Gasteiger partial charge is 0.462 e. The Morgan fingerprint density at radius 3 is 1.24 bits per heavy atom. The van der Waals surface area contributed by atoms with E-state index in [0.717, 1.165) is 51.4 Å². The molecule has 10 heteroatoms. The molecule has 0 aromatic heterocycles. The van der Waals surface area contributed by atoms with Crippen LogP contribution in [0.4, 0.5) is 0 Å². The number of rotatable bonds is 39. The van der Waals surface area contributed by atoms with Crippen LogP contribution < -0.4 is 0 Å². The average Bonchev–Trinajstić information content (AvgIpc) is 3.18. The lowest BCUT2D eigenvalue weighted by Crippen LogP contribution is -2.59. The van der Waals surface area contributed by atoms with Gasteiger partial charge in [-0.05, 0) is 12.8 Å². The highest BCUT2D eigenvalue weighted by molar-refractivity contribution is 5.70. The zero-order valence-electron chi connectivity index (χ0n) is 35.5. The van der Waals surface area contributed by atoms with Gasteiger partial charge in [0.2, 0.25) is 0 Å². The molecule has 0 aromatic rings. The Bertz CT molecular complexity index is 871. The van der Waals surface area contributed by atoms with Gasteiger partial charge in [-0.25, -0.2) is 0 Å². The lowest BCUT2D eigenvalue weighted by Gasteiger charge is -2.39. The van der Waals surface area contributed by atoms with Gasteiger partial charge in [0.05, 0.1) is 13.2 Å². The van der Waals surface area contributed by atoms with Crippen LogP contribution in [0, 0.1) is 0 Å². The molecule has 1 saturated heterocycles. The Kier molecular flexibility index (Phi) is 34.8. The molecule has 10 nitrogen and oxygen atoms in total. The molecule has 1 aliphatic rings. The van der Waals surface area contributed by atoms with Crippen LogP contribution in [0.15, 0.2) is 0 Å². The van der Waals surface area contributed by atoms with Crippen molar-refractivity contribution in [3.05, 3.63) is 0 Å². The molecule has 0 radical (unpaired) electrons. The SMILES string of the molecule is CCCCCCCCCCCCCCCCCCCCCCCCCCC(=O)OC(COC(=O)CCCCCCCC)COC1OC(CO)C(O)C(O)C1O. The number of carbonyl (C=O) groups is 2. The summed E-state index contributed by atoms with van der Waals surface area (Å²) in [6, 6.07) is 0. The second-order valence-electron chi connectivity index (χ2n) is 16.2. The number of ether oxygens (including phenoxy) is 4. The first kappa shape index (κ1) is 51.7. The van der Waals surface area contributed by atoms with Gasteiger partial charge in [-0.15, -0.1) is 0 Å². The van der Waals surface area contributed by atoms with Crippen LogP contribution in [0.5, 0.6) is 0 Å². The van der Waals surface area contributed by atoms with Crippen LogP contribution >= 0.6 is 0 Å². The Morgan fingerprint density at radius 1 is 0.491 bits per heavy atom. The van der Waals surface area contributed by atoms with E-state index < -0.39 is 49.4 Å². The topological polar surface area (TPSA) is 152 Å². The summed E-state index contributed by atoms with van der Waals surface area (Å²) in [6.07, 6.45) is 30.2. The lowest BCUT2D eigenvalue weighted by molar-refractivity contribution is -0.305. The molecule has 0 aromatic carbocycles. The standard InChI is InChI=1S/C45H86O10/c1-3-5-7-9-11-12-13-14-15-16-17-18-19-20-21-22-23-24-25-26-27-28-30-32-34-41(48)54-38(36-52-40(47)33-31-29-10-8-6-4-2)37-53-45-44(51)43(50)42(49)39(35-46)55-45/h38-39,42-46,49-51H,3-37H2,1-2H3. The molecule has 6 unspecified atom stereocenters. The maximum absolute atomic E-state index is 12.7. The van der Waals surface area contributed by atoms with E-state index in [1.54, 1.807) is 0 Å². The van der Waals surface area contributed by atoms with Gasteiger partial charge in [0.1, 0.15) is 31.0 Å². The van der Waals surface area contributed by atoms with Crippen molar-refractivity contribution < 1.29 is 49.0 Å². The van der Waals surface area contributed by atoms with E-state index in [9.17, 15) is 30.0 Å². The van der Waals surface area contributed by atoms with Crippen molar-refractivity contribution in [2.45, 2.75) is 256 Å². The molecule has 0 saturated carbocycles. The minimum atomic E-state index is -1.59. The summed E-state index contributed by atoms with van der Waals surface area (Å²) in [5.41, 5.74) is 0. The van der Waals surface area contributed by atoms with Gasteiger partial charge in [-0.1, -0.05) is 194 Å². The second-order valence-corrected chi connectivity index (χ2v) is 16.2. The Morgan fingerprint density at radius 2 is 0.855 bits per heavy atom. The maximum atomic E-state index is 12.7. The molecule has 1 aliphatic heterocycles. The number of esters is 2. The van der Waals surface area contributed by atoms with Crippen molar-refractivity contribution in [3.8, 4) is 0 Å². The summed E-state index contributed by atoms with van der Waals surface area (Å²) in [4.78, 5) is 25.1. The van der Waals surface area contributed by atoms with Crippen molar-refractivity contribution in [2.24, 2.45) is 0 Å². The third-order valence-electron chi connectivity index (χ3n) is 11.0. The van der Waals surface area contributed by atoms with Gasteiger partial charge < -0.3 is 39.4 Å². The van der Waals surface area contributed by atoms with Gasteiger partial charge in [0, 0.05) is 12.8 Å². The van der Waals surface area contributed by atoms with E-state index in [4.69, 9.17) is 18.9 Å². The number of hydrogen-bond acceptors (Lipinski definition) is 10. The fourth-order valence-electron chi connectivity index (χ4n) is 7.31. The molecule has 0 amide bonds. The summed E-state index contributed by atoms with van der Waals surface area (Å²) in [5, 5.41) is 39.9. The fraction of sp³-hybridized carbons (Fsp3) is 0.956. The molecule has 326 valence electrons. The average molecular weight is 787 g/mol. The molecular formula is C45H86O10. The number of unbranched alkanes of at least 4 members (excludes halogenated alkanes) is 28. The normalized spacial score (nSPS) is 20.4. The van der Waals surface area contributed by atoms with E-state index >= 15 is 0 Å². The summed E-state index contributed by atoms with van der Waals surface area (Å²) < 4.78 is 22.0. The quantitative estimate of drug-likeness (QED) is 0.0350. The van der Waals surface area contributed by atoms with Gasteiger partial charge in [-0.2, -0.15) is 0 Å². The van der Waals surface area contributed by atoms with Crippen LogP contribution in [0.2, 0.25) is 0 Å². The van der Waals surface area contributed by atoms with Gasteiger partial charge in [0.25, 0.3) is 0 Å². The van der Waals surface area contributed by atoms with Crippen molar-refractivity contribution in [1.29, 1.82) is 0 Å². The molecular weight excluding hydrogens is 700 g/mol. The van der Waals surface area contributed by atoms with E-state index in [1.807, 2.05) is 0 Å². The van der Waals surface area contributed by atoms with Crippen LogP contribution in [-0.4, -0.2) is 89.0 Å². The van der Waals surface area contributed by atoms with Crippen LogP contribution in [0.1, 0.15) is 219 Å². The highest BCUT2D eigenvalue weighted by Crippen LogP contribution is 2.23. The highest BCUT2D eigenvalue weighted by atomic mass is 16.7. The third-order valence-corrected chi connectivity index (χ3v) is 11.0. The molecule has 1 rings (SSSR count). The first-order valence-corrected chi connectivity index (χ1v) is 23.1. The minimum Gasteiger partial charge on any atom is -0.462 e. The molecule has 4 N–H and O–H groups in total. The molecule has 0 bridgehead atoms. The fourth-order valence-corrected chi connectivity index (χ4v) is 7.31. The number of carbonyl (C=O) groups excluding carboxylic acids is 2. The molecule has 0 aliphatic carbocycles. The Labute approximate surface area is 336 Å². The monoisotopic (exact) mass is 787 g/mol. The molecule has 1 heterocycles. The van der Waals surface area contributed by atoms with Crippen LogP contribution in [-0.2, 0) is 28.5 Å². The highest BCUT2D eigenvalue weighted by Gasteiger charge is 2.44. The Hall–Kier alpha value is -1.30. The van der Waals surface area contributed by atoms with E-state index in [2.05, 4.69) is 13.8 Å². The van der Waals surface area contributed by atoms with Crippen molar-refractivity contribution >= 4 is 11.9 Å². The predicted octanol–water partition coefficient (Wildman–Crippen LogP) is 9.78. The smallest absolute Gasteiger partial charge is 0.306 e. The van der Waals surface area contributed by atoms with Crippen LogP contribution in [0.25, 0.3) is 0 Å². The van der Waals surface area contributed by atoms with Gasteiger partial charge in [0.15, 0.2) is 12.4 Å². The number of aliphatic hydroxyl groups excluding tert-OH is 4. The summed E-state index contributed by atoms with van der Waals surface area (Å²) in [5.74, 6) is -0.803.